The van der Waals surface area contributed by atoms with E-state index in [4.69, 9.17) is 10.5 Å². The van der Waals surface area contributed by atoms with Gasteiger partial charge in [0.25, 0.3) is 0 Å². The van der Waals surface area contributed by atoms with Gasteiger partial charge in [0.1, 0.15) is 0 Å². The molecule has 17 heavy (non-hydrogen) atoms. The van der Waals surface area contributed by atoms with E-state index in [0.717, 1.165) is 19.3 Å². The normalized spacial score (nSPS) is 11.2. The Morgan fingerprint density at radius 3 is 2.59 bits per heavy atom. The van der Waals surface area contributed by atoms with Crippen LogP contribution in [0.15, 0.2) is 12.7 Å². The lowest BCUT2D eigenvalue weighted by molar-refractivity contribution is -0.123. The Morgan fingerprint density at radius 2 is 2.12 bits per heavy atom. The molecule has 0 aliphatic carbocycles. The summed E-state index contributed by atoms with van der Waals surface area (Å²) in [5, 5.41) is 3.03. The fourth-order valence-electron chi connectivity index (χ4n) is 1.63. The summed E-state index contributed by atoms with van der Waals surface area (Å²) in [5.41, 5.74) is 5.48. The first-order valence-corrected chi connectivity index (χ1v) is 6.33. The van der Waals surface area contributed by atoms with Gasteiger partial charge in [-0.05, 0) is 19.3 Å². The highest BCUT2D eigenvalue weighted by molar-refractivity contribution is 5.76. The van der Waals surface area contributed by atoms with E-state index in [0.29, 0.717) is 26.2 Å². The van der Waals surface area contributed by atoms with E-state index in [9.17, 15) is 4.79 Å². The second-order valence-corrected chi connectivity index (χ2v) is 4.21. The summed E-state index contributed by atoms with van der Waals surface area (Å²) in [7, 11) is 0. The quantitative estimate of drug-likeness (QED) is 0.452. The molecule has 1 amide bonds. The van der Waals surface area contributed by atoms with Crippen molar-refractivity contribution in [2.75, 3.05) is 19.8 Å². The maximum Gasteiger partial charge on any atom is 0.220 e. The van der Waals surface area contributed by atoms with Crippen molar-refractivity contribution in [3.8, 4) is 0 Å². The molecular weight excluding hydrogens is 216 g/mol. The van der Waals surface area contributed by atoms with Crippen molar-refractivity contribution in [2.45, 2.75) is 45.1 Å². The largest absolute Gasteiger partial charge is 0.377 e. The zero-order valence-corrected chi connectivity index (χ0v) is 11.1. The Morgan fingerprint density at radius 1 is 1.47 bits per heavy atom. The van der Waals surface area contributed by atoms with Crippen molar-refractivity contribution in [2.24, 2.45) is 5.73 Å². The molecule has 0 aliphatic rings. The lowest BCUT2D eigenvalue weighted by atomic mass is 9.92. The number of hydrogen-bond donors (Lipinski definition) is 2. The molecule has 3 N–H and O–H groups in total. The zero-order chi connectivity index (χ0) is 13.1. The third-order valence-corrected chi connectivity index (χ3v) is 3.08. The molecule has 0 heterocycles. The molecular formula is C13H26N2O2. The molecule has 4 heteroatoms. The maximum absolute atomic E-state index is 11.7. The molecule has 0 aliphatic heterocycles. The van der Waals surface area contributed by atoms with Crippen LogP contribution in [0.1, 0.15) is 39.5 Å². The SMILES string of the molecule is C=CCOCCCC(=O)NC(CC)(CC)CN. The number of ether oxygens (including phenoxy) is 1. The number of hydrogen-bond acceptors (Lipinski definition) is 3. The summed E-state index contributed by atoms with van der Waals surface area (Å²) < 4.78 is 5.22. The number of carbonyl (C=O) groups excluding carboxylic acids is 1. The first-order valence-electron chi connectivity index (χ1n) is 6.33. The molecule has 0 saturated heterocycles. The smallest absolute Gasteiger partial charge is 0.220 e. The Bertz CT molecular complexity index is 217. The molecule has 0 rings (SSSR count). The van der Waals surface area contributed by atoms with Gasteiger partial charge in [0.15, 0.2) is 0 Å². The molecule has 0 spiro atoms. The molecule has 0 fully saturated rings. The second-order valence-electron chi connectivity index (χ2n) is 4.21. The van der Waals surface area contributed by atoms with Gasteiger partial charge in [0.2, 0.25) is 5.91 Å². The minimum absolute atomic E-state index is 0.0568. The van der Waals surface area contributed by atoms with Gasteiger partial charge in [-0.3, -0.25) is 4.79 Å². The standard InChI is InChI=1S/C13H26N2O2/c1-4-9-17-10-7-8-12(16)15-13(5-2,6-3)11-14/h4H,1,5-11,14H2,2-3H3,(H,15,16). The lowest BCUT2D eigenvalue weighted by Gasteiger charge is -2.31. The molecule has 0 aromatic rings. The Labute approximate surface area is 105 Å². The number of amides is 1. The highest BCUT2D eigenvalue weighted by Crippen LogP contribution is 2.13. The summed E-state index contributed by atoms with van der Waals surface area (Å²) in [6.07, 6.45) is 4.64. The van der Waals surface area contributed by atoms with Crippen LogP contribution < -0.4 is 11.1 Å². The molecule has 0 saturated carbocycles. The van der Waals surface area contributed by atoms with Crippen molar-refractivity contribution in [3.05, 3.63) is 12.7 Å². The molecule has 100 valence electrons. The fraction of sp³-hybridized carbons (Fsp3) is 0.769. The van der Waals surface area contributed by atoms with Crippen LogP contribution in [-0.2, 0) is 9.53 Å². The van der Waals surface area contributed by atoms with Gasteiger partial charge in [-0.15, -0.1) is 6.58 Å². The van der Waals surface area contributed by atoms with Crippen LogP contribution in [0.3, 0.4) is 0 Å². The van der Waals surface area contributed by atoms with E-state index in [-0.39, 0.29) is 11.4 Å². The highest BCUT2D eigenvalue weighted by atomic mass is 16.5. The molecule has 0 unspecified atom stereocenters. The van der Waals surface area contributed by atoms with Crippen molar-refractivity contribution >= 4 is 5.91 Å². The summed E-state index contributed by atoms with van der Waals surface area (Å²) in [4.78, 5) is 11.7. The van der Waals surface area contributed by atoms with Gasteiger partial charge in [0, 0.05) is 19.6 Å². The molecule has 0 atom stereocenters. The first-order chi connectivity index (χ1) is 8.14. The zero-order valence-electron chi connectivity index (χ0n) is 11.1. The van der Waals surface area contributed by atoms with Crippen LogP contribution in [-0.4, -0.2) is 31.2 Å². The van der Waals surface area contributed by atoms with E-state index in [2.05, 4.69) is 11.9 Å². The molecule has 0 radical (unpaired) electrons. The van der Waals surface area contributed by atoms with Crippen LogP contribution in [0.5, 0.6) is 0 Å². The number of rotatable bonds is 10. The Kier molecular flexibility index (Phi) is 8.72. The van der Waals surface area contributed by atoms with E-state index in [1.54, 1.807) is 6.08 Å². The molecule has 4 nitrogen and oxygen atoms in total. The number of nitrogens with two attached hydrogens (primary N) is 1. The van der Waals surface area contributed by atoms with E-state index >= 15 is 0 Å². The third-order valence-electron chi connectivity index (χ3n) is 3.08. The van der Waals surface area contributed by atoms with Crippen molar-refractivity contribution in [3.63, 3.8) is 0 Å². The summed E-state index contributed by atoms with van der Waals surface area (Å²) in [5.74, 6) is 0.0568. The Hall–Kier alpha value is -0.870. The van der Waals surface area contributed by atoms with Gasteiger partial charge in [-0.2, -0.15) is 0 Å². The highest BCUT2D eigenvalue weighted by Gasteiger charge is 2.25. The van der Waals surface area contributed by atoms with Crippen molar-refractivity contribution in [1.29, 1.82) is 0 Å². The Balaban J connectivity index is 3.87. The summed E-state index contributed by atoms with van der Waals surface area (Å²) >= 11 is 0. The van der Waals surface area contributed by atoms with E-state index < -0.39 is 0 Å². The van der Waals surface area contributed by atoms with Crippen LogP contribution in [0.4, 0.5) is 0 Å². The van der Waals surface area contributed by atoms with Gasteiger partial charge in [-0.1, -0.05) is 19.9 Å². The van der Waals surface area contributed by atoms with Crippen LogP contribution >= 0.6 is 0 Å². The summed E-state index contributed by atoms with van der Waals surface area (Å²) in [6.45, 7) is 9.26. The topological polar surface area (TPSA) is 64.3 Å². The minimum Gasteiger partial charge on any atom is -0.377 e. The number of nitrogens with one attached hydrogen (secondary N) is 1. The first kappa shape index (κ1) is 16.1. The number of carbonyl (C=O) groups is 1. The monoisotopic (exact) mass is 242 g/mol. The lowest BCUT2D eigenvalue weighted by Crippen LogP contribution is -2.52. The van der Waals surface area contributed by atoms with Crippen LogP contribution in [0, 0.1) is 0 Å². The molecule has 0 bridgehead atoms. The van der Waals surface area contributed by atoms with Gasteiger partial charge >= 0.3 is 0 Å². The van der Waals surface area contributed by atoms with Crippen LogP contribution in [0.25, 0.3) is 0 Å². The maximum atomic E-state index is 11.7. The summed E-state index contributed by atoms with van der Waals surface area (Å²) in [6, 6.07) is 0. The average molecular weight is 242 g/mol. The van der Waals surface area contributed by atoms with E-state index in [1.165, 1.54) is 0 Å². The predicted octanol–water partition coefficient (Wildman–Crippen LogP) is 1.60. The van der Waals surface area contributed by atoms with E-state index in [1.807, 2.05) is 13.8 Å². The van der Waals surface area contributed by atoms with Crippen LogP contribution in [0.2, 0.25) is 0 Å². The molecule has 0 aromatic heterocycles. The average Bonchev–Trinajstić information content (AvgIpc) is 2.36. The predicted molar refractivity (Wildman–Crippen MR) is 70.8 cm³/mol. The molecule has 0 aromatic carbocycles. The second kappa shape index (κ2) is 9.19. The van der Waals surface area contributed by atoms with Gasteiger partial charge in [-0.25, -0.2) is 0 Å². The minimum atomic E-state index is -0.237. The third kappa shape index (κ3) is 6.44. The van der Waals surface area contributed by atoms with Crippen molar-refractivity contribution in [1.82, 2.24) is 5.32 Å². The fourth-order valence-corrected chi connectivity index (χ4v) is 1.63. The van der Waals surface area contributed by atoms with Crippen molar-refractivity contribution < 1.29 is 9.53 Å². The van der Waals surface area contributed by atoms with Gasteiger partial charge in [0.05, 0.1) is 12.1 Å². The van der Waals surface area contributed by atoms with Gasteiger partial charge < -0.3 is 15.8 Å².